The molecule has 3 heterocycles. The van der Waals surface area contributed by atoms with Crippen molar-refractivity contribution in [2.75, 3.05) is 20.3 Å². The van der Waals surface area contributed by atoms with Crippen LogP contribution >= 0.6 is 11.3 Å². The summed E-state index contributed by atoms with van der Waals surface area (Å²) >= 11 is 1.46. The zero-order valence-electron chi connectivity index (χ0n) is 18.0. The molecule has 2 aliphatic rings. The third kappa shape index (κ3) is 4.00. The summed E-state index contributed by atoms with van der Waals surface area (Å²) in [4.78, 5) is 28.5. The van der Waals surface area contributed by atoms with Crippen molar-refractivity contribution in [3.05, 3.63) is 57.3 Å². The van der Waals surface area contributed by atoms with Gasteiger partial charge in [0.05, 0.1) is 24.8 Å². The van der Waals surface area contributed by atoms with Gasteiger partial charge in [-0.05, 0) is 54.0 Å². The van der Waals surface area contributed by atoms with Crippen LogP contribution in [0.3, 0.4) is 0 Å². The van der Waals surface area contributed by atoms with Crippen molar-refractivity contribution < 1.29 is 24.2 Å². The average molecular weight is 442 g/mol. The Morgan fingerprint density at radius 2 is 2.13 bits per heavy atom. The highest BCUT2D eigenvalue weighted by molar-refractivity contribution is 7.10. The normalized spacial score (nSPS) is 23.2. The number of benzene rings is 1. The molecular formula is C24H27NO5S. The maximum Gasteiger partial charge on any atom is 0.295 e. The fourth-order valence-electron chi connectivity index (χ4n) is 4.31. The predicted molar refractivity (Wildman–Crippen MR) is 119 cm³/mol. The van der Waals surface area contributed by atoms with Gasteiger partial charge >= 0.3 is 0 Å². The molecule has 2 fully saturated rings. The Balaban J connectivity index is 1.81. The number of hydrogen-bond acceptors (Lipinski definition) is 6. The highest BCUT2D eigenvalue weighted by atomic mass is 32.1. The number of thiophene rings is 1. The molecule has 2 atom stereocenters. The minimum Gasteiger partial charge on any atom is -0.507 e. The molecule has 1 amide bonds. The average Bonchev–Trinajstić information content (AvgIpc) is 3.52. The van der Waals surface area contributed by atoms with Gasteiger partial charge in [0.2, 0.25) is 0 Å². The summed E-state index contributed by atoms with van der Waals surface area (Å²) in [6.07, 6.45) is 1.72. The van der Waals surface area contributed by atoms with E-state index in [1.807, 2.05) is 37.4 Å². The fraction of sp³-hybridized carbons (Fsp3) is 0.417. The van der Waals surface area contributed by atoms with Crippen molar-refractivity contribution >= 4 is 28.8 Å². The molecule has 2 unspecified atom stereocenters. The molecule has 164 valence electrons. The molecular weight excluding hydrogens is 414 g/mol. The number of rotatable bonds is 6. The van der Waals surface area contributed by atoms with Gasteiger partial charge in [-0.3, -0.25) is 9.59 Å². The standard InChI is InChI=1S/C24H27NO5S/c1-14(2)17-12-15(8-9-18(17)29-3)22(26)20-21(19-7-5-11-31-19)25(24(28)23(20)27)13-16-6-4-10-30-16/h5,7-9,11-12,14,16,21,26H,4,6,10,13H2,1-3H3/b22-20-. The molecule has 0 aliphatic carbocycles. The van der Waals surface area contributed by atoms with Crippen LogP contribution in [0.1, 0.15) is 54.7 Å². The van der Waals surface area contributed by atoms with E-state index in [1.54, 1.807) is 24.1 Å². The van der Waals surface area contributed by atoms with Crippen LogP contribution in [0.2, 0.25) is 0 Å². The highest BCUT2D eigenvalue weighted by Crippen LogP contribution is 2.42. The lowest BCUT2D eigenvalue weighted by molar-refractivity contribution is -0.140. The van der Waals surface area contributed by atoms with Crippen molar-refractivity contribution in [1.82, 2.24) is 4.90 Å². The first-order valence-corrected chi connectivity index (χ1v) is 11.4. The summed E-state index contributed by atoms with van der Waals surface area (Å²) in [5.41, 5.74) is 1.55. The number of aliphatic hydroxyl groups is 1. The molecule has 0 radical (unpaired) electrons. The van der Waals surface area contributed by atoms with E-state index in [-0.39, 0.29) is 23.4 Å². The molecule has 0 spiro atoms. The molecule has 0 bridgehead atoms. The minimum atomic E-state index is -0.657. The molecule has 7 heteroatoms. The van der Waals surface area contributed by atoms with E-state index in [0.717, 1.165) is 29.0 Å². The van der Waals surface area contributed by atoms with Crippen LogP contribution in [0.15, 0.2) is 41.3 Å². The van der Waals surface area contributed by atoms with E-state index in [9.17, 15) is 14.7 Å². The van der Waals surface area contributed by atoms with E-state index in [1.165, 1.54) is 11.3 Å². The quantitative estimate of drug-likeness (QED) is 0.406. The lowest BCUT2D eigenvalue weighted by Gasteiger charge is -2.26. The van der Waals surface area contributed by atoms with Gasteiger partial charge < -0.3 is 19.5 Å². The lowest BCUT2D eigenvalue weighted by Crippen LogP contribution is -2.36. The molecule has 2 saturated heterocycles. The van der Waals surface area contributed by atoms with Gasteiger partial charge in [-0.15, -0.1) is 11.3 Å². The number of hydrogen-bond donors (Lipinski definition) is 1. The van der Waals surface area contributed by atoms with Crippen LogP contribution in [0, 0.1) is 0 Å². The zero-order chi connectivity index (χ0) is 22.1. The Morgan fingerprint density at radius 1 is 1.32 bits per heavy atom. The largest absolute Gasteiger partial charge is 0.507 e. The van der Waals surface area contributed by atoms with Gasteiger partial charge in [0.25, 0.3) is 11.7 Å². The van der Waals surface area contributed by atoms with Gasteiger partial charge in [0.1, 0.15) is 11.5 Å². The molecule has 31 heavy (non-hydrogen) atoms. The van der Waals surface area contributed by atoms with Crippen molar-refractivity contribution in [3.63, 3.8) is 0 Å². The summed E-state index contributed by atoms with van der Waals surface area (Å²) in [6, 6.07) is 8.50. The molecule has 1 aromatic heterocycles. The second-order valence-electron chi connectivity index (χ2n) is 8.21. The molecule has 1 aromatic carbocycles. The number of likely N-dealkylation sites (tertiary alicyclic amines) is 1. The number of amides is 1. The topological polar surface area (TPSA) is 76.1 Å². The number of aliphatic hydroxyl groups excluding tert-OH is 1. The number of carbonyl (C=O) groups excluding carboxylic acids is 2. The van der Waals surface area contributed by atoms with Crippen molar-refractivity contribution in [2.24, 2.45) is 0 Å². The molecule has 4 rings (SSSR count). The van der Waals surface area contributed by atoms with Crippen LogP contribution in [0.4, 0.5) is 0 Å². The van der Waals surface area contributed by atoms with Gasteiger partial charge in [-0.1, -0.05) is 19.9 Å². The van der Waals surface area contributed by atoms with Crippen LogP contribution < -0.4 is 4.74 Å². The van der Waals surface area contributed by atoms with E-state index >= 15 is 0 Å². The number of nitrogens with zero attached hydrogens (tertiary/aromatic N) is 1. The Hall–Kier alpha value is -2.64. The first-order valence-electron chi connectivity index (χ1n) is 10.5. The van der Waals surface area contributed by atoms with Crippen LogP contribution in [-0.4, -0.2) is 48.1 Å². The first kappa shape index (κ1) is 21.6. The molecule has 6 nitrogen and oxygen atoms in total. The Labute approximate surface area is 186 Å². The SMILES string of the molecule is COc1ccc(/C(O)=C2/C(=O)C(=O)N(CC3CCCO3)C2c2cccs2)cc1C(C)C. The van der Waals surface area contributed by atoms with Gasteiger partial charge in [0, 0.05) is 23.6 Å². The van der Waals surface area contributed by atoms with Crippen LogP contribution in [-0.2, 0) is 14.3 Å². The second-order valence-corrected chi connectivity index (χ2v) is 9.19. The Kier molecular flexibility index (Phi) is 6.16. The smallest absolute Gasteiger partial charge is 0.295 e. The fourth-order valence-corrected chi connectivity index (χ4v) is 5.15. The summed E-state index contributed by atoms with van der Waals surface area (Å²) in [5, 5.41) is 13.1. The monoisotopic (exact) mass is 441 g/mol. The van der Waals surface area contributed by atoms with E-state index in [2.05, 4.69) is 0 Å². The van der Waals surface area contributed by atoms with Gasteiger partial charge in [-0.2, -0.15) is 0 Å². The summed E-state index contributed by atoms with van der Waals surface area (Å²) in [7, 11) is 1.61. The molecule has 1 N–H and O–H groups in total. The molecule has 0 saturated carbocycles. The summed E-state index contributed by atoms with van der Waals surface area (Å²) in [6.45, 7) is 5.08. The summed E-state index contributed by atoms with van der Waals surface area (Å²) in [5.74, 6) is -0.516. The van der Waals surface area contributed by atoms with Crippen molar-refractivity contribution in [1.29, 1.82) is 0 Å². The Morgan fingerprint density at radius 3 is 2.74 bits per heavy atom. The highest BCUT2D eigenvalue weighted by Gasteiger charge is 2.47. The predicted octanol–water partition coefficient (Wildman–Crippen LogP) is 4.48. The maximum atomic E-state index is 13.1. The lowest BCUT2D eigenvalue weighted by atomic mass is 9.95. The van der Waals surface area contributed by atoms with Crippen LogP contribution in [0.25, 0.3) is 5.76 Å². The van der Waals surface area contributed by atoms with Gasteiger partial charge in [0.15, 0.2) is 0 Å². The number of Topliss-reactive ketones (excluding diaryl/α,β-unsaturated/α-hetero) is 1. The number of ether oxygens (including phenoxy) is 2. The van der Waals surface area contributed by atoms with Gasteiger partial charge in [-0.25, -0.2) is 0 Å². The third-order valence-electron chi connectivity index (χ3n) is 5.90. The second kappa shape index (κ2) is 8.85. The first-order chi connectivity index (χ1) is 14.9. The third-order valence-corrected chi connectivity index (χ3v) is 6.83. The molecule has 2 aromatic rings. The minimum absolute atomic E-state index is 0.0887. The van der Waals surface area contributed by atoms with E-state index in [4.69, 9.17) is 9.47 Å². The van der Waals surface area contributed by atoms with E-state index in [0.29, 0.717) is 18.7 Å². The van der Waals surface area contributed by atoms with Crippen LogP contribution in [0.5, 0.6) is 5.75 Å². The number of methoxy groups -OCH3 is 1. The van der Waals surface area contributed by atoms with Crippen molar-refractivity contribution in [2.45, 2.75) is 44.8 Å². The Bertz CT molecular complexity index is 1000. The summed E-state index contributed by atoms with van der Waals surface area (Å²) < 4.78 is 11.2. The molecule has 2 aliphatic heterocycles. The van der Waals surface area contributed by atoms with Crippen molar-refractivity contribution in [3.8, 4) is 5.75 Å². The zero-order valence-corrected chi connectivity index (χ0v) is 18.8. The number of ketones is 1. The number of carbonyl (C=O) groups is 2. The van der Waals surface area contributed by atoms with E-state index < -0.39 is 17.7 Å². The maximum absolute atomic E-state index is 13.1.